The minimum atomic E-state index is -0.310. The monoisotopic (exact) mass is 377 g/mol. The Hall–Kier alpha value is -0.550. The van der Waals surface area contributed by atoms with Gasteiger partial charge in [-0.05, 0) is 31.5 Å². The number of carbonyl (C=O) groups excluding carboxylic acids is 1. The highest BCUT2D eigenvalue weighted by Gasteiger charge is 2.24. The van der Waals surface area contributed by atoms with Gasteiger partial charge in [-0.1, -0.05) is 37.9 Å². The zero-order valence-corrected chi connectivity index (χ0v) is 13.9. The number of benzene rings is 1. The molecule has 0 unspecified atom stereocenters. The van der Waals surface area contributed by atoms with Gasteiger partial charge < -0.3 is 10.1 Å². The molecule has 1 rings (SSSR count). The zero-order chi connectivity index (χ0) is 13.8. The van der Waals surface area contributed by atoms with E-state index >= 15 is 0 Å². The van der Waals surface area contributed by atoms with Crippen LogP contribution in [0, 0.1) is 6.92 Å². The molecule has 3 nitrogen and oxygen atoms in total. The van der Waals surface area contributed by atoms with Gasteiger partial charge in [0.15, 0.2) is 0 Å². The molecule has 1 aromatic rings. The fraction of sp³-hybridized carbons (Fsp3) is 0.462. The van der Waals surface area contributed by atoms with Crippen LogP contribution in [0.2, 0.25) is 0 Å². The van der Waals surface area contributed by atoms with Crippen LogP contribution in [0.25, 0.3) is 0 Å². The van der Waals surface area contributed by atoms with Gasteiger partial charge in [0.2, 0.25) is 0 Å². The Bertz CT molecular complexity index is 431. The maximum absolute atomic E-state index is 12.1. The number of alkyl halides is 2. The van der Waals surface area contributed by atoms with Crippen molar-refractivity contribution in [3.8, 4) is 5.75 Å². The van der Waals surface area contributed by atoms with Crippen LogP contribution in [0.1, 0.15) is 22.8 Å². The number of rotatable bonds is 5. The first kappa shape index (κ1) is 15.5. The molecule has 0 aliphatic carbocycles. The molecule has 0 aliphatic heterocycles. The maximum atomic E-state index is 12.1. The van der Waals surface area contributed by atoms with Crippen molar-refractivity contribution in [2.24, 2.45) is 0 Å². The number of carbonyl (C=O) groups is 1. The van der Waals surface area contributed by atoms with E-state index in [4.69, 9.17) is 4.74 Å². The summed E-state index contributed by atoms with van der Waals surface area (Å²) in [6.45, 7) is 3.92. The molecule has 0 spiro atoms. The average Bonchev–Trinajstić information content (AvgIpc) is 2.39. The van der Waals surface area contributed by atoms with Crippen molar-refractivity contribution in [1.82, 2.24) is 5.32 Å². The molecule has 0 aliphatic rings. The molecule has 0 saturated carbocycles. The Balaban J connectivity index is 2.91. The van der Waals surface area contributed by atoms with Crippen molar-refractivity contribution in [1.29, 1.82) is 0 Å². The zero-order valence-electron chi connectivity index (χ0n) is 10.7. The van der Waals surface area contributed by atoms with Crippen molar-refractivity contribution >= 4 is 37.8 Å². The van der Waals surface area contributed by atoms with Crippen molar-refractivity contribution in [2.75, 3.05) is 17.8 Å². The molecule has 0 bridgehead atoms. The van der Waals surface area contributed by atoms with E-state index in [0.717, 1.165) is 11.3 Å². The first-order valence-electron chi connectivity index (χ1n) is 5.55. The Morgan fingerprint density at radius 1 is 1.39 bits per heavy atom. The van der Waals surface area contributed by atoms with Gasteiger partial charge in [0.25, 0.3) is 5.91 Å². The second-order valence-electron chi connectivity index (χ2n) is 4.47. The van der Waals surface area contributed by atoms with Crippen LogP contribution >= 0.6 is 31.9 Å². The predicted octanol–water partition coefficient (Wildman–Crippen LogP) is 3.28. The largest absolute Gasteiger partial charge is 0.496 e. The molecule has 1 N–H and O–H groups in total. The molecule has 0 fully saturated rings. The number of halogens is 2. The highest BCUT2D eigenvalue weighted by atomic mass is 79.9. The van der Waals surface area contributed by atoms with Gasteiger partial charge >= 0.3 is 0 Å². The Morgan fingerprint density at radius 3 is 2.50 bits per heavy atom. The average molecular weight is 379 g/mol. The smallest absolute Gasteiger partial charge is 0.251 e. The summed E-state index contributed by atoms with van der Waals surface area (Å²) >= 11 is 6.81. The molecular formula is C13H17Br2NO2. The summed E-state index contributed by atoms with van der Waals surface area (Å²) in [6, 6.07) is 5.44. The summed E-state index contributed by atoms with van der Waals surface area (Å²) in [5, 5.41) is 4.35. The molecule has 1 amide bonds. The van der Waals surface area contributed by atoms with Crippen molar-refractivity contribution < 1.29 is 9.53 Å². The number of hydrogen-bond donors (Lipinski definition) is 1. The van der Waals surface area contributed by atoms with Crippen molar-refractivity contribution in [3.05, 3.63) is 29.3 Å². The lowest BCUT2D eigenvalue weighted by molar-refractivity contribution is 0.0922. The Labute approximate surface area is 125 Å². The van der Waals surface area contributed by atoms with Crippen LogP contribution in [0.15, 0.2) is 18.2 Å². The van der Waals surface area contributed by atoms with Gasteiger partial charge in [0.05, 0.1) is 12.6 Å². The topological polar surface area (TPSA) is 38.3 Å². The molecule has 0 radical (unpaired) electrons. The van der Waals surface area contributed by atoms with E-state index in [1.165, 1.54) is 0 Å². The lowest BCUT2D eigenvalue weighted by atomic mass is 10.1. The number of amides is 1. The first-order valence-corrected chi connectivity index (χ1v) is 7.79. The van der Waals surface area contributed by atoms with Gasteiger partial charge in [0, 0.05) is 16.2 Å². The van der Waals surface area contributed by atoms with Crippen LogP contribution in [0.4, 0.5) is 0 Å². The standard InChI is InChI=1S/C13H17Br2NO2/c1-9-4-5-10(6-11(9)18-3)12(17)16-13(2,7-14)8-15/h4-6H,7-8H2,1-3H3,(H,16,17). The number of nitrogens with one attached hydrogen (secondary N) is 1. The third kappa shape index (κ3) is 3.72. The second-order valence-corrected chi connectivity index (χ2v) is 5.59. The van der Waals surface area contributed by atoms with Crippen LogP contribution < -0.4 is 10.1 Å². The number of ether oxygens (including phenoxy) is 1. The summed E-state index contributed by atoms with van der Waals surface area (Å²) in [5.41, 5.74) is 1.30. The molecule has 100 valence electrons. The lowest BCUT2D eigenvalue weighted by Gasteiger charge is -2.26. The quantitative estimate of drug-likeness (QED) is 0.798. The lowest BCUT2D eigenvalue weighted by Crippen LogP contribution is -2.48. The van der Waals surface area contributed by atoms with E-state index in [0.29, 0.717) is 16.2 Å². The normalized spacial score (nSPS) is 11.2. The van der Waals surface area contributed by atoms with Crippen LogP contribution in [-0.4, -0.2) is 29.2 Å². The highest BCUT2D eigenvalue weighted by Crippen LogP contribution is 2.20. The molecule has 0 atom stereocenters. The van der Waals surface area contributed by atoms with E-state index in [1.807, 2.05) is 19.9 Å². The van der Waals surface area contributed by atoms with Gasteiger partial charge in [0.1, 0.15) is 5.75 Å². The molecule has 1 aromatic carbocycles. The fourth-order valence-electron chi connectivity index (χ4n) is 1.41. The SMILES string of the molecule is COc1cc(C(=O)NC(C)(CBr)CBr)ccc1C. The summed E-state index contributed by atoms with van der Waals surface area (Å²) in [4.78, 5) is 12.1. The maximum Gasteiger partial charge on any atom is 0.251 e. The number of aryl methyl sites for hydroxylation is 1. The van der Waals surface area contributed by atoms with Gasteiger partial charge in [-0.25, -0.2) is 0 Å². The molecule has 18 heavy (non-hydrogen) atoms. The Kier molecular flexibility index (Phi) is 5.66. The van der Waals surface area contributed by atoms with Crippen LogP contribution in [0.3, 0.4) is 0 Å². The molecular weight excluding hydrogens is 362 g/mol. The Morgan fingerprint density at radius 2 is 2.00 bits per heavy atom. The van der Waals surface area contributed by atoms with E-state index < -0.39 is 0 Å². The summed E-state index contributed by atoms with van der Waals surface area (Å²) in [7, 11) is 1.60. The fourth-order valence-corrected chi connectivity index (χ4v) is 2.62. The van der Waals surface area contributed by atoms with E-state index in [9.17, 15) is 4.79 Å². The van der Waals surface area contributed by atoms with E-state index in [1.54, 1.807) is 19.2 Å². The summed E-state index contributed by atoms with van der Waals surface area (Å²) in [6.07, 6.45) is 0. The van der Waals surface area contributed by atoms with Crippen molar-refractivity contribution in [2.45, 2.75) is 19.4 Å². The molecule has 0 heterocycles. The van der Waals surface area contributed by atoms with Crippen molar-refractivity contribution in [3.63, 3.8) is 0 Å². The van der Waals surface area contributed by atoms with Gasteiger partial charge in [-0.15, -0.1) is 0 Å². The number of methoxy groups -OCH3 is 1. The first-order chi connectivity index (χ1) is 8.45. The third-order valence-electron chi connectivity index (χ3n) is 2.68. The highest BCUT2D eigenvalue weighted by molar-refractivity contribution is 9.09. The number of hydrogen-bond acceptors (Lipinski definition) is 2. The van der Waals surface area contributed by atoms with Gasteiger partial charge in [-0.3, -0.25) is 4.79 Å². The van der Waals surface area contributed by atoms with E-state index in [-0.39, 0.29) is 11.4 Å². The van der Waals surface area contributed by atoms with Crippen LogP contribution in [-0.2, 0) is 0 Å². The van der Waals surface area contributed by atoms with Crippen LogP contribution in [0.5, 0.6) is 5.75 Å². The summed E-state index contributed by atoms with van der Waals surface area (Å²) < 4.78 is 5.22. The van der Waals surface area contributed by atoms with Gasteiger partial charge in [-0.2, -0.15) is 0 Å². The molecule has 5 heteroatoms. The third-order valence-corrected chi connectivity index (χ3v) is 5.15. The minimum absolute atomic E-state index is 0.102. The molecule has 0 aromatic heterocycles. The minimum Gasteiger partial charge on any atom is -0.496 e. The second kappa shape index (κ2) is 6.57. The molecule has 0 saturated heterocycles. The summed E-state index contributed by atoms with van der Waals surface area (Å²) in [5.74, 6) is 0.622. The predicted molar refractivity (Wildman–Crippen MR) is 81.2 cm³/mol. The van der Waals surface area contributed by atoms with E-state index in [2.05, 4.69) is 37.2 Å².